The van der Waals surface area contributed by atoms with Gasteiger partial charge in [-0.25, -0.2) is 0 Å². The summed E-state index contributed by atoms with van der Waals surface area (Å²) in [5.74, 6) is 1.35. The van der Waals surface area contributed by atoms with Gasteiger partial charge >= 0.3 is 0 Å². The summed E-state index contributed by atoms with van der Waals surface area (Å²) < 4.78 is 5.58. The predicted molar refractivity (Wildman–Crippen MR) is 86.0 cm³/mol. The van der Waals surface area contributed by atoms with E-state index in [1.165, 1.54) is 27.7 Å². The molecule has 4 nitrogen and oxygen atoms in total. The van der Waals surface area contributed by atoms with E-state index in [4.69, 9.17) is 4.42 Å². The van der Waals surface area contributed by atoms with Crippen LogP contribution >= 0.6 is 0 Å². The Morgan fingerprint density at radius 1 is 1.27 bits per heavy atom. The van der Waals surface area contributed by atoms with Crippen LogP contribution in [-0.2, 0) is 6.42 Å². The number of fused-ring (bicyclic) bond motifs is 5. The molecule has 0 amide bonds. The van der Waals surface area contributed by atoms with E-state index >= 15 is 0 Å². The number of rotatable bonds is 1. The maximum Gasteiger partial charge on any atom is 0.128 e. The molecule has 22 heavy (non-hydrogen) atoms. The summed E-state index contributed by atoms with van der Waals surface area (Å²) in [5.41, 5.74) is 9.55. The minimum atomic E-state index is 0.159. The third-order valence-electron chi connectivity index (χ3n) is 4.95. The van der Waals surface area contributed by atoms with Crippen molar-refractivity contribution in [2.45, 2.75) is 25.8 Å². The average molecular weight is 291 g/mol. The molecule has 5 rings (SSSR count). The second-order valence-corrected chi connectivity index (χ2v) is 6.29. The zero-order chi connectivity index (χ0) is 14.7. The third kappa shape index (κ3) is 1.55. The first kappa shape index (κ1) is 12.1. The van der Waals surface area contributed by atoms with E-state index in [0.717, 1.165) is 24.3 Å². The molecule has 2 atom stereocenters. The maximum atomic E-state index is 5.58. The lowest BCUT2D eigenvalue weighted by Gasteiger charge is -2.23. The van der Waals surface area contributed by atoms with Gasteiger partial charge in [0.25, 0.3) is 0 Å². The fourth-order valence-corrected chi connectivity index (χ4v) is 3.88. The summed E-state index contributed by atoms with van der Waals surface area (Å²) in [6.45, 7) is 2.14. The molecule has 0 radical (unpaired) electrons. The minimum absolute atomic E-state index is 0.159. The lowest BCUT2D eigenvalue weighted by molar-refractivity contribution is 0.377. The molecule has 2 aromatic heterocycles. The topological polar surface area (TPSA) is 53.3 Å². The van der Waals surface area contributed by atoms with Gasteiger partial charge in [-0.3, -0.25) is 5.43 Å². The molecule has 0 bridgehead atoms. The van der Waals surface area contributed by atoms with Crippen molar-refractivity contribution in [3.8, 4) is 0 Å². The number of aryl methyl sites for hydroxylation is 2. The first-order chi connectivity index (χ1) is 10.8. The van der Waals surface area contributed by atoms with Crippen molar-refractivity contribution in [1.82, 2.24) is 10.4 Å². The lowest BCUT2D eigenvalue weighted by atomic mass is 9.81. The largest absolute Gasteiger partial charge is 0.467 e. The van der Waals surface area contributed by atoms with Gasteiger partial charge in [0.1, 0.15) is 11.8 Å². The predicted octanol–water partition coefficient (Wildman–Crippen LogP) is 3.68. The quantitative estimate of drug-likeness (QED) is 0.718. The van der Waals surface area contributed by atoms with Gasteiger partial charge in [0.05, 0.1) is 17.7 Å². The first-order valence-corrected chi connectivity index (χ1v) is 7.79. The highest BCUT2D eigenvalue weighted by Crippen LogP contribution is 2.40. The molecule has 0 saturated carbocycles. The van der Waals surface area contributed by atoms with Gasteiger partial charge in [-0.05, 0) is 49.6 Å². The molecular weight excluding hydrogens is 274 g/mol. The van der Waals surface area contributed by atoms with E-state index in [0.29, 0.717) is 5.92 Å². The van der Waals surface area contributed by atoms with Crippen molar-refractivity contribution in [2.75, 3.05) is 0 Å². The monoisotopic (exact) mass is 291 g/mol. The molecular formula is C18H17N3O. The summed E-state index contributed by atoms with van der Waals surface area (Å²) in [7, 11) is 0. The van der Waals surface area contributed by atoms with E-state index in [1.54, 1.807) is 6.26 Å². The normalized spacial score (nSPS) is 23.0. The SMILES string of the molecule is Cc1ccc2[nH]c3c(c2c1)CCC1C3=NNC1c1ccco1. The second-order valence-electron chi connectivity index (χ2n) is 6.29. The Bertz CT molecular complexity index is 889. The number of aromatic nitrogens is 1. The molecule has 0 saturated heterocycles. The van der Waals surface area contributed by atoms with Crippen molar-refractivity contribution < 1.29 is 4.42 Å². The molecule has 2 aliphatic rings. The minimum Gasteiger partial charge on any atom is -0.467 e. The van der Waals surface area contributed by atoms with E-state index in [1.807, 2.05) is 12.1 Å². The molecule has 0 spiro atoms. The number of furan rings is 1. The average Bonchev–Trinajstić information content (AvgIpc) is 3.23. The smallest absolute Gasteiger partial charge is 0.128 e. The van der Waals surface area contributed by atoms with Crippen LogP contribution in [0.25, 0.3) is 10.9 Å². The van der Waals surface area contributed by atoms with Crippen molar-refractivity contribution in [3.05, 3.63) is 59.2 Å². The van der Waals surface area contributed by atoms with Gasteiger partial charge in [0, 0.05) is 16.8 Å². The zero-order valence-electron chi connectivity index (χ0n) is 12.4. The number of nitrogens with one attached hydrogen (secondary N) is 2. The van der Waals surface area contributed by atoms with Crippen LogP contribution < -0.4 is 5.43 Å². The molecule has 3 heterocycles. The Kier molecular flexibility index (Phi) is 2.34. The molecule has 2 unspecified atom stereocenters. The molecule has 2 N–H and O–H groups in total. The van der Waals surface area contributed by atoms with Gasteiger partial charge in [-0.1, -0.05) is 11.6 Å². The van der Waals surface area contributed by atoms with Crippen LogP contribution in [0.15, 0.2) is 46.1 Å². The van der Waals surface area contributed by atoms with Crippen LogP contribution in [-0.4, -0.2) is 10.7 Å². The van der Waals surface area contributed by atoms with Crippen molar-refractivity contribution in [1.29, 1.82) is 0 Å². The van der Waals surface area contributed by atoms with Crippen LogP contribution in [0.4, 0.5) is 0 Å². The summed E-state index contributed by atoms with van der Waals surface area (Å²) in [5, 5.41) is 5.97. The number of benzene rings is 1. The van der Waals surface area contributed by atoms with Gasteiger partial charge < -0.3 is 9.40 Å². The molecule has 4 heteroatoms. The highest BCUT2D eigenvalue weighted by molar-refractivity contribution is 6.08. The molecule has 110 valence electrons. The van der Waals surface area contributed by atoms with Crippen LogP contribution in [0.3, 0.4) is 0 Å². The third-order valence-corrected chi connectivity index (χ3v) is 4.95. The van der Waals surface area contributed by atoms with Crippen molar-refractivity contribution in [2.24, 2.45) is 11.0 Å². The van der Waals surface area contributed by atoms with Gasteiger partial charge in [0.2, 0.25) is 0 Å². The number of hydrazone groups is 1. The standard InChI is InChI=1S/C18H17N3O/c1-10-4-7-14-13(9-10)11-5-6-12-16(15-3-2-8-22-15)20-21-18(12)17(11)19-14/h2-4,7-9,12,16,19-20H,5-6H2,1H3. The van der Waals surface area contributed by atoms with Gasteiger partial charge in [-0.15, -0.1) is 0 Å². The molecule has 3 aromatic rings. The Hall–Kier alpha value is -2.49. The van der Waals surface area contributed by atoms with Gasteiger partial charge in [0.15, 0.2) is 0 Å². The number of hydrogen-bond acceptors (Lipinski definition) is 3. The highest BCUT2D eigenvalue weighted by Gasteiger charge is 2.39. The molecule has 0 fully saturated rings. The summed E-state index contributed by atoms with van der Waals surface area (Å²) in [4.78, 5) is 3.58. The van der Waals surface area contributed by atoms with E-state index in [-0.39, 0.29) is 6.04 Å². The van der Waals surface area contributed by atoms with E-state index < -0.39 is 0 Å². The van der Waals surface area contributed by atoms with Crippen LogP contribution in [0.5, 0.6) is 0 Å². The number of nitrogens with zero attached hydrogens (tertiary/aromatic N) is 1. The Morgan fingerprint density at radius 2 is 2.23 bits per heavy atom. The van der Waals surface area contributed by atoms with Crippen LogP contribution in [0, 0.1) is 12.8 Å². The summed E-state index contributed by atoms with van der Waals surface area (Å²) in [6, 6.07) is 10.7. The van der Waals surface area contributed by atoms with Gasteiger partial charge in [-0.2, -0.15) is 5.10 Å². The number of hydrogen-bond donors (Lipinski definition) is 2. The Labute approximate surface area is 128 Å². The molecule has 1 aliphatic heterocycles. The maximum absolute atomic E-state index is 5.58. The second kappa shape index (κ2) is 4.26. The number of H-pyrrole nitrogens is 1. The molecule has 1 aromatic carbocycles. The van der Waals surface area contributed by atoms with Crippen LogP contribution in [0.1, 0.15) is 35.0 Å². The van der Waals surface area contributed by atoms with Crippen molar-refractivity contribution >= 4 is 16.6 Å². The van der Waals surface area contributed by atoms with E-state index in [2.05, 4.69) is 40.6 Å². The fourth-order valence-electron chi connectivity index (χ4n) is 3.88. The Morgan fingerprint density at radius 3 is 3.09 bits per heavy atom. The Balaban J connectivity index is 1.62. The van der Waals surface area contributed by atoms with Crippen LogP contribution in [0.2, 0.25) is 0 Å². The summed E-state index contributed by atoms with van der Waals surface area (Å²) in [6.07, 6.45) is 3.92. The zero-order valence-corrected chi connectivity index (χ0v) is 12.4. The number of aromatic amines is 1. The van der Waals surface area contributed by atoms with E-state index in [9.17, 15) is 0 Å². The first-order valence-electron chi connectivity index (χ1n) is 7.79. The molecule has 1 aliphatic carbocycles. The van der Waals surface area contributed by atoms with Crippen molar-refractivity contribution in [3.63, 3.8) is 0 Å². The fraction of sp³-hybridized carbons (Fsp3) is 0.278. The lowest BCUT2D eigenvalue weighted by Crippen LogP contribution is -2.26. The summed E-state index contributed by atoms with van der Waals surface area (Å²) >= 11 is 0. The highest BCUT2D eigenvalue weighted by atomic mass is 16.3.